The minimum absolute atomic E-state index is 0. The molecule has 0 aromatic heterocycles. The summed E-state index contributed by atoms with van der Waals surface area (Å²) in [5, 5.41) is 8.63. The molecule has 0 atom stereocenters. The van der Waals surface area contributed by atoms with Crippen LogP contribution in [0.5, 0.6) is 5.75 Å². The smallest absolute Gasteiger partial charge is 0.121 e. The van der Waals surface area contributed by atoms with Gasteiger partial charge in [-0.15, -0.1) is 12.4 Å². The van der Waals surface area contributed by atoms with Crippen molar-refractivity contribution >= 4 is 18.1 Å². The van der Waals surface area contributed by atoms with Gasteiger partial charge in [-0.2, -0.15) is 5.26 Å². The van der Waals surface area contributed by atoms with Crippen molar-refractivity contribution in [1.82, 2.24) is 0 Å². The molecule has 1 aromatic rings. The lowest BCUT2D eigenvalue weighted by Crippen LogP contribution is -2.08. The molecule has 0 heterocycles. The topological polar surface area (TPSA) is 71.1 Å². The van der Waals surface area contributed by atoms with E-state index < -0.39 is 0 Å². The fourth-order valence-corrected chi connectivity index (χ4v) is 0.867. The molecule has 0 radical (unpaired) electrons. The molecule has 0 aliphatic rings. The Kier molecular flexibility index (Phi) is 4.67. The van der Waals surface area contributed by atoms with Gasteiger partial charge in [0.05, 0.1) is 18.4 Å². The SMILES string of the molecule is COc1ccc(C#N)c(NN)c1.Cl. The highest BCUT2D eigenvalue weighted by atomic mass is 35.5. The van der Waals surface area contributed by atoms with Crippen molar-refractivity contribution in [3.05, 3.63) is 23.8 Å². The average Bonchev–Trinajstić information content (AvgIpc) is 2.16. The Balaban J connectivity index is 0.00000144. The van der Waals surface area contributed by atoms with Gasteiger partial charge in [0.1, 0.15) is 11.8 Å². The lowest BCUT2D eigenvalue weighted by molar-refractivity contribution is 0.415. The van der Waals surface area contributed by atoms with E-state index >= 15 is 0 Å². The molecule has 1 rings (SSSR count). The molecule has 0 amide bonds. The summed E-state index contributed by atoms with van der Waals surface area (Å²) >= 11 is 0. The molecule has 0 aliphatic heterocycles. The third kappa shape index (κ3) is 2.51. The van der Waals surface area contributed by atoms with E-state index in [0.717, 1.165) is 0 Å². The third-order valence-corrected chi connectivity index (χ3v) is 1.50. The molecule has 1 aromatic carbocycles. The number of nitriles is 1. The van der Waals surface area contributed by atoms with Crippen LogP contribution in [-0.2, 0) is 0 Å². The number of hydrazine groups is 1. The van der Waals surface area contributed by atoms with Gasteiger partial charge in [-0.1, -0.05) is 0 Å². The molecular formula is C8H10ClN3O. The van der Waals surface area contributed by atoms with Gasteiger partial charge in [0.2, 0.25) is 0 Å². The van der Waals surface area contributed by atoms with Crippen molar-refractivity contribution in [2.45, 2.75) is 0 Å². The first-order valence-electron chi connectivity index (χ1n) is 3.36. The second-order valence-electron chi connectivity index (χ2n) is 2.17. The normalized spacial score (nSPS) is 8.08. The fourth-order valence-electron chi connectivity index (χ4n) is 0.867. The van der Waals surface area contributed by atoms with E-state index in [4.69, 9.17) is 15.8 Å². The van der Waals surface area contributed by atoms with E-state index in [-0.39, 0.29) is 12.4 Å². The van der Waals surface area contributed by atoms with Gasteiger partial charge in [-0.05, 0) is 12.1 Å². The number of nitrogens with one attached hydrogen (secondary N) is 1. The molecule has 4 nitrogen and oxygen atoms in total. The Morgan fingerprint density at radius 1 is 1.54 bits per heavy atom. The van der Waals surface area contributed by atoms with Gasteiger partial charge in [-0.3, -0.25) is 5.84 Å². The molecule has 5 heteroatoms. The number of rotatable bonds is 2. The van der Waals surface area contributed by atoms with Crippen LogP contribution in [0, 0.1) is 11.3 Å². The number of nitrogen functional groups attached to an aromatic ring is 1. The van der Waals surface area contributed by atoms with Gasteiger partial charge in [-0.25, -0.2) is 0 Å². The van der Waals surface area contributed by atoms with Crippen molar-refractivity contribution in [1.29, 1.82) is 5.26 Å². The summed E-state index contributed by atoms with van der Waals surface area (Å²) in [5.74, 6) is 5.86. The van der Waals surface area contributed by atoms with Gasteiger partial charge in [0.25, 0.3) is 0 Å². The van der Waals surface area contributed by atoms with E-state index in [1.165, 1.54) is 0 Å². The number of methoxy groups -OCH3 is 1. The third-order valence-electron chi connectivity index (χ3n) is 1.50. The maximum Gasteiger partial charge on any atom is 0.121 e. The zero-order valence-electron chi connectivity index (χ0n) is 7.07. The van der Waals surface area contributed by atoms with E-state index in [1.54, 1.807) is 25.3 Å². The number of hydrogen-bond donors (Lipinski definition) is 2. The van der Waals surface area contributed by atoms with Crippen LogP contribution in [0.1, 0.15) is 5.56 Å². The molecular weight excluding hydrogens is 190 g/mol. The second-order valence-corrected chi connectivity index (χ2v) is 2.17. The summed E-state index contributed by atoms with van der Waals surface area (Å²) in [7, 11) is 1.56. The Labute approximate surface area is 82.7 Å². The molecule has 0 aliphatic carbocycles. The lowest BCUT2D eigenvalue weighted by Gasteiger charge is -2.04. The zero-order chi connectivity index (χ0) is 8.97. The van der Waals surface area contributed by atoms with Gasteiger partial charge < -0.3 is 10.2 Å². The highest BCUT2D eigenvalue weighted by Crippen LogP contribution is 2.20. The first-order chi connectivity index (χ1) is 5.81. The summed E-state index contributed by atoms with van der Waals surface area (Å²) in [6.45, 7) is 0. The molecule has 70 valence electrons. The molecule has 0 unspecified atom stereocenters. The Hall–Kier alpha value is -1.44. The summed E-state index contributed by atoms with van der Waals surface area (Å²) in [5.41, 5.74) is 3.48. The quantitative estimate of drug-likeness (QED) is 0.556. The summed E-state index contributed by atoms with van der Waals surface area (Å²) in [6, 6.07) is 7.02. The van der Waals surface area contributed by atoms with Crippen LogP contribution in [-0.4, -0.2) is 7.11 Å². The molecule has 0 fully saturated rings. The standard InChI is InChI=1S/C8H9N3O.ClH/c1-12-7-3-2-6(5-9)8(4-7)11-10;/h2-4,11H,10H2,1H3;1H. The van der Waals surface area contributed by atoms with Crippen LogP contribution in [0.25, 0.3) is 0 Å². The van der Waals surface area contributed by atoms with Crippen molar-refractivity contribution in [3.63, 3.8) is 0 Å². The molecule has 0 saturated carbocycles. The Morgan fingerprint density at radius 2 is 2.23 bits per heavy atom. The van der Waals surface area contributed by atoms with Crippen LogP contribution in [0.4, 0.5) is 5.69 Å². The van der Waals surface area contributed by atoms with Crippen molar-refractivity contribution < 1.29 is 4.74 Å². The molecule has 0 bridgehead atoms. The van der Waals surface area contributed by atoms with Crippen molar-refractivity contribution in [3.8, 4) is 11.8 Å². The summed E-state index contributed by atoms with van der Waals surface area (Å²) in [6.07, 6.45) is 0. The van der Waals surface area contributed by atoms with Crippen molar-refractivity contribution in [2.75, 3.05) is 12.5 Å². The summed E-state index contributed by atoms with van der Waals surface area (Å²) in [4.78, 5) is 0. The van der Waals surface area contributed by atoms with Gasteiger partial charge >= 0.3 is 0 Å². The number of benzene rings is 1. The molecule has 13 heavy (non-hydrogen) atoms. The van der Waals surface area contributed by atoms with Gasteiger partial charge in [0.15, 0.2) is 0 Å². The van der Waals surface area contributed by atoms with Crippen molar-refractivity contribution in [2.24, 2.45) is 5.84 Å². The summed E-state index contributed by atoms with van der Waals surface area (Å²) < 4.78 is 4.95. The van der Waals surface area contributed by atoms with E-state index in [9.17, 15) is 0 Å². The largest absolute Gasteiger partial charge is 0.497 e. The van der Waals surface area contributed by atoms with Gasteiger partial charge in [0, 0.05) is 6.07 Å². The number of hydrogen-bond acceptors (Lipinski definition) is 4. The lowest BCUT2D eigenvalue weighted by atomic mass is 10.2. The Bertz CT molecular complexity index is 322. The Morgan fingerprint density at radius 3 is 2.69 bits per heavy atom. The molecule has 0 spiro atoms. The highest BCUT2D eigenvalue weighted by Gasteiger charge is 2.00. The van der Waals surface area contributed by atoms with E-state index in [0.29, 0.717) is 17.0 Å². The number of anilines is 1. The molecule has 0 saturated heterocycles. The monoisotopic (exact) mass is 199 g/mol. The maximum atomic E-state index is 8.63. The predicted octanol–water partition coefficient (Wildman–Crippen LogP) is 1.27. The van der Waals surface area contributed by atoms with E-state index in [1.807, 2.05) is 6.07 Å². The fraction of sp³-hybridized carbons (Fsp3) is 0.125. The number of nitrogens with zero attached hydrogens (tertiary/aromatic N) is 1. The minimum atomic E-state index is 0. The second kappa shape index (κ2) is 5.25. The first-order valence-corrected chi connectivity index (χ1v) is 3.36. The minimum Gasteiger partial charge on any atom is -0.497 e. The zero-order valence-corrected chi connectivity index (χ0v) is 7.89. The average molecular weight is 200 g/mol. The van der Waals surface area contributed by atoms with Crippen LogP contribution >= 0.6 is 12.4 Å². The highest BCUT2D eigenvalue weighted by molar-refractivity contribution is 5.85. The number of ether oxygens (including phenoxy) is 1. The van der Waals surface area contributed by atoms with Crippen LogP contribution in [0.3, 0.4) is 0 Å². The number of nitrogens with two attached hydrogens (primary N) is 1. The van der Waals surface area contributed by atoms with Crippen LogP contribution in [0.15, 0.2) is 18.2 Å². The maximum absolute atomic E-state index is 8.63. The van der Waals surface area contributed by atoms with E-state index in [2.05, 4.69) is 5.43 Å². The van der Waals surface area contributed by atoms with Crippen LogP contribution in [0.2, 0.25) is 0 Å². The first kappa shape index (κ1) is 11.6. The molecule has 3 N–H and O–H groups in total. The predicted molar refractivity (Wildman–Crippen MR) is 52.8 cm³/mol. The van der Waals surface area contributed by atoms with Crippen LogP contribution < -0.4 is 16.0 Å². The number of halogens is 1.